The molecule has 1 fully saturated rings. The molecule has 0 spiro atoms. The first-order valence-corrected chi connectivity index (χ1v) is 10.0. The number of aromatic nitrogens is 2. The van der Waals surface area contributed by atoms with Crippen molar-refractivity contribution in [3.63, 3.8) is 0 Å². The summed E-state index contributed by atoms with van der Waals surface area (Å²) in [5.74, 6) is -0.0574. The standard InChI is InChI=1S/C22H25N5O3/c1-25-15-17(14-23-25)16-26-9-3-10-27(12-11-26)22(29)18-5-7-19(8-6-18)24-21(28)20-4-2-13-30-20/h2,4-8,13-15H,3,9-12,16H2,1H3,(H,24,28). The van der Waals surface area contributed by atoms with Crippen molar-refractivity contribution in [2.75, 3.05) is 31.5 Å². The Balaban J connectivity index is 1.33. The Morgan fingerprint density at radius 1 is 1.10 bits per heavy atom. The predicted molar refractivity (Wildman–Crippen MR) is 112 cm³/mol. The fraction of sp³-hybridized carbons (Fsp3) is 0.318. The molecule has 8 heteroatoms. The minimum Gasteiger partial charge on any atom is -0.459 e. The van der Waals surface area contributed by atoms with Crippen LogP contribution in [-0.2, 0) is 13.6 Å². The lowest BCUT2D eigenvalue weighted by atomic mass is 10.1. The molecule has 0 radical (unpaired) electrons. The highest BCUT2D eigenvalue weighted by Gasteiger charge is 2.21. The van der Waals surface area contributed by atoms with E-state index in [0.29, 0.717) is 17.8 Å². The number of aryl methyl sites for hydroxylation is 1. The lowest BCUT2D eigenvalue weighted by molar-refractivity contribution is 0.0761. The number of amides is 2. The molecule has 3 aromatic rings. The van der Waals surface area contributed by atoms with Crippen LogP contribution in [0.4, 0.5) is 5.69 Å². The van der Waals surface area contributed by atoms with E-state index in [1.54, 1.807) is 36.4 Å². The molecule has 2 aromatic heterocycles. The highest BCUT2D eigenvalue weighted by atomic mass is 16.3. The maximum atomic E-state index is 12.9. The zero-order valence-corrected chi connectivity index (χ0v) is 17.0. The van der Waals surface area contributed by atoms with Gasteiger partial charge in [-0.15, -0.1) is 0 Å². The van der Waals surface area contributed by atoms with Gasteiger partial charge < -0.3 is 14.6 Å². The summed E-state index contributed by atoms with van der Waals surface area (Å²) in [6.07, 6.45) is 6.30. The molecule has 0 bridgehead atoms. The molecule has 1 N–H and O–H groups in total. The van der Waals surface area contributed by atoms with Crippen LogP contribution in [0.1, 0.15) is 32.9 Å². The van der Waals surface area contributed by atoms with Crippen molar-refractivity contribution < 1.29 is 14.0 Å². The van der Waals surface area contributed by atoms with Gasteiger partial charge in [-0.2, -0.15) is 5.10 Å². The van der Waals surface area contributed by atoms with Gasteiger partial charge in [0.05, 0.1) is 12.5 Å². The number of carbonyl (C=O) groups excluding carboxylic acids is 2. The highest BCUT2D eigenvalue weighted by Crippen LogP contribution is 2.15. The molecule has 1 aromatic carbocycles. The molecule has 1 saturated heterocycles. The molecular formula is C22H25N5O3. The SMILES string of the molecule is Cn1cc(CN2CCCN(C(=O)c3ccc(NC(=O)c4ccco4)cc3)CC2)cn1. The molecule has 0 unspecified atom stereocenters. The van der Waals surface area contributed by atoms with Crippen molar-refractivity contribution >= 4 is 17.5 Å². The summed E-state index contributed by atoms with van der Waals surface area (Å²) in [5, 5.41) is 6.98. The minimum atomic E-state index is -0.319. The fourth-order valence-electron chi connectivity index (χ4n) is 3.62. The minimum absolute atomic E-state index is 0.0159. The third kappa shape index (κ3) is 4.77. The summed E-state index contributed by atoms with van der Waals surface area (Å²) in [7, 11) is 1.92. The van der Waals surface area contributed by atoms with E-state index >= 15 is 0 Å². The number of nitrogens with one attached hydrogen (secondary N) is 1. The normalized spacial score (nSPS) is 15.0. The van der Waals surface area contributed by atoms with Gasteiger partial charge in [0.1, 0.15) is 0 Å². The van der Waals surface area contributed by atoms with Gasteiger partial charge in [0.25, 0.3) is 11.8 Å². The van der Waals surface area contributed by atoms with Gasteiger partial charge in [0.15, 0.2) is 5.76 Å². The molecule has 156 valence electrons. The fourth-order valence-corrected chi connectivity index (χ4v) is 3.62. The molecule has 1 aliphatic heterocycles. The van der Waals surface area contributed by atoms with Gasteiger partial charge in [-0.3, -0.25) is 19.2 Å². The van der Waals surface area contributed by atoms with E-state index in [9.17, 15) is 9.59 Å². The van der Waals surface area contributed by atoms with E-state index in [0.717, 1.165) is 32.6 Å². The van der Waals surface area contributed by atoms with Crippen molar-refractivity contribution in [3.8, 4) is 0 Å². The predicted octanol–water partition coefficient (Wildman–Crippen LogP) is 2.61. The van der Waals surface area contributed by atoms with Gasteiger partial charge in [-0.25, -0.2) is 0 Å². The Kier molecular flexibility index (Phi) is 5.94. The van der Waals surface area contributed by atoms with Crippen molar-refractivity contribution in [1.82, 2.24) is 19.6 Å². The first kappa shape index (κ1) is 19.9. The zero-order chi connectivity index (χ0) is 20.9. The van der Waals surface area contributed by atoms with Crippen LogP contribution in [0.3, 0.4) is 0 Å². The van der Waals surface area contributed by atoms with Gasteiger partial charge in [-0.05, 0) is 42.8 Å². The summed E-state index contributed by atoms with van der Waals surface area (Å²) in [6, 6.07) is 10.2. The van der Waals surface area contributed by atoms with Crippen LogP contribution in [-0.4, -0.2) is 57.6 Å². The molecule has 3 heterocycles. The first-order chi connectivity index (χ1) is 14.6. The maximum absolute atomic E-state index is 12.9. The molecule has 1 aliphatic rings. The van der Waals surface area contributed by atoms with E-state index < -0.39 is 0 Å². The number of carbonyl (C=O) groups is 2. The number of hydrogen-bond acceptors (Lipinski definition) is 5. The Morgan fingerprint density at radius 2 is 1.93 bits per heavy atom. The first-order valence-electron chi connectivity index (χ1n) is 10.0. The second kappa shape index (κ2) is 8.96. The lowest BCUT2D eigenvalue weighted by Crippen LogP contribution is -2.35. The van der Waals surface area contributed by atoms with Crippen molar-refractivity contribution in [2.45, 2.75) is 13.0 Å². The van der Waals surface area contributed by atoms with Crippen LogP contribution in [0.5, 0.6) is 0 Å². The van der Waals surface area contributed by atoms with Crippen molar-refractivity contribution in [1.29, 1.82) is 0 Å². The van der Waals surface area contributed by atoms with Crippen molar-refractivity contribution in [3.05, 3.63) is 71.9 Å². The number of anilines is 1. The summed E-state index contributed by atoms with van der Waals surface area (Å²) >= 11 is 0. The Labute approximate surface area is 175 Å². The molecule has 30 heavy (non-hydrogen) atoms. The summed E-state index contributed by atoms with van der Waals surface area (Å²) in [6.45, 7) is 4.06. The van der Waals surface area contributed by atoms with Crippen LogP contribution in [0.25, 0.3) is 0 Å². The Bertz CT molecular complexity index is 994. The van der Waals surface area contributed by atoms with Crippen molar-refractivity contribution in [2.24, 2.45) is 7.05 Å². The quantitative estimate of drug-likeness (QED) is 0.703. The van der Waals surface area contributed by atoms with Crippen LogP contribution in [0.15, 0.2) is 59.5 Å². The van der Waals surface area contributed by atoms with Crippen LogP contribution < -0.4 is 5.32 Å². The van der Waals surface area contributed by atoms with E-state index in [2.05, 4.69) is 15.3 Å². The van der Waals surface area contributed by atoms with E-state index in [1.807, 2.05) is 29.0 Å². The maximum Gasteiger partial charge on any atom is 0.291 e. The Morgan fingerprint density at radius 3 is 2.63 bits per heavy atom. The summed E-state index contributed by atoms with van der Waals surface area (Å²) in [4.78, 5) is 29.2. The average molecular weight is 407 g/mol. The number of nitrogens with zero attached hydrogens (tertiary/aromatic N) is 4. The monoisotopic (exact) mass is 407 g/mol. The third-order valence-electron chi connectivity index (χ3n) is 5.17. The second-order valence-corrected chi connectivity index (χ2v) is 7.45. The van der Waals surface area contributed by atoms with E-state index in [4.69, 9.17) is 4.42 Å². The summed E-state index contributed by atoms with van der Waals surface area (Å²) in [5.41, 5.74) is 2.42. The van der Waals surface area contributed by atoms with Gasteiger partial charge in [-0.1, -0.05) is 0 Å². The molecule has 0 aliphatic carbocycles. The highest BCUT2D eigenvalue weighted by molar-refractivity contribution is 6.02. The van der Waals surface area contributed by atoms with Gasteiger partial charge in [0, 0.05) is 62.8 Å². The second-order valence-electron chi connectivity index (χ2n) is 7.45. The largest absolute Gasteiger partial charge is 0.459 e. The Hall–Kier alpha value is -3.39. The molecule has 4 rings (SSSR count). The van der Waals surface area contributed by atoms with Crippen LogP contribution in [0, 0.1) is 0 Å². The van der Waals surface area contributed by atoms with Crippen LogP contribution in [0.2, 0.25) is 0 Å². The topological polar surface area (TPSA) is 83.6 Å². The van der Waals surface area contributed by atoms with Crippen LogP contribution >= 0.6 is 0 Å². The number of furan rings is 1. The molecule has 0 atom stereocenters. The molecular weight excluding hydrogens is 382 g/mol. The number of hydrogen-bond donors (Lipinski definition) is 1. The lowest BCUT2D eigenvalue weighted by Gasteiger charge is -2.22. The number of rotatable bonds is 5. The molecule has 2 amide bonds. The van der Waals surface area contributed by atoms with Gasteiger partial charge in [0.2, 0.25) is 0 Å². The van der Waals surface area contributed by atoms with E-state index in [1.165, 1.54) is 11.8 Å². The molecule has 0 saturated carbocycles. The van der Waals surface area contributed by atoms with E-state index in [-0.39, 0.29) is 17.6 Å². The number of benzene rings is 1. The average Bonchev–Trinajstić information content (AvgIpc) is 3.37. The smallest absolute Gasteiger partial charge is 0.291 e. The summed E-state index contributed by atoms with van der Waals surface area (Å²) < 4.78 is 6.90. The molecule has 8 nitrogen and oxygen atoms in total. The third-order valence-corrected chi connectivity index (χ3v) is 5.17. The van der Waals surface area contributed by atoms with Gasteiger partial charge >= 0.3 is 0 Å². The zero-order valence-electron chi connectivity index (χ0n) is 17.0.